The Morgan fingerprint density at radius 3 is 3.18 bits per heavy atom. The fourth-order valence-corrected chi connectivity index (χ4v) is 2.76. The van der Waals surface area contributed by atoms with Crippen molar-refractivity contribution in [3.63, 3.8) is 0 Å². The van der Waals surface area contributed by atoms with Gasteiger partial charge in [0, 0.05) is 29.8 Å². The number of thiol groups is 1. The van der Waals surface area contributed by atoms with Crippen molar-refractivity contribution in [3.8, 4) is 0 Å². The standard InChI is InChI=1S/C11H13N3OS2/c15-10(12-3-5-16)9-8(7-1-2-7)13-11-14(9)4-6-17-11/h4,6-7,16H,1-3,5H2,(H,12,15). The number of hydrogen-bond donors (Lipinski definition) is 2. The first-order chi connectivity index (χ1) is 8.31. The van der Waals surface area contributed by atoms with Crippen molar-refractivity contribution in [1.29, 1.82) is 0 Å². The van der Waals surface area contributed by atoms with Crippen LogP contribution in [0.1, 0.15) is 34.9 Å². The van der Waals surface area contributed by atoms with Crippen molar-refractivity contribution >= 4 is 34.8 Å². The van der Waals surface area contributed by atoms with E-state index in [0.717, 1.165) is 23.5 Å². The van der Waals surface area contributed by atoms with Crippen molar-refractivity contribution in [1.82, 2.24) is 14.7 Å². The molecule has 1 N–H and O–H groups in total. The molecule has 2 aromatic heterocycles. The Hall–Kier alpha value is -1.01. The predicted molar refractivity (Wildman–Crippen MR) is 71.2 cm³/mol. The van der Waals surface area contributed by atoms with E-state index in [1.807, 2.05) is 16.0 Å². The van der Waals surface area contributed by atoms with Crippen LogP contribution < -0.4 is 5.32 Å². The summed E-state index contributed by atoms with van der Waals surface area (Å²) in [6, 6.07) is 0. The molecule has 0 saturated heterocycles. The molecule has 0 unspecified atom stereocenters. The van der Waals surface area contributed by atoms with Crippen molar-refractivity contribution in [2.24, 2.45) is 0 Å². The fraction of sp³-hybridized carbons (Fsp3) is 0.455. The minimum atomic E-state index is -0.0353. The third kappa shape index (κ3) is 1.95. The van der Waals surface area contributed by atoms with Gasteiger partial charge in [0.25, 0.3) is 5.91 Å². The molecule has 17 heavy (non-hydrogen) atoms. The van der Waals surface area contributed by atoms with Crippen LogP contribution >= 0.6 is 24.0 Å². The zero-order valence-corrected chi connectivity index (χ0v) is 10.9. The van der Waals surface area contributed by atoms with Crippen LogP contribution in [0, 0.1) is 0 Å². The number of carbonyl (C=O) groups excluding carboxylic acids is 1. The van der Waals surface area contributed by atoms with Crippen LogP contribution in [0.2, 0.25) is 0 Å². The summed E-state index contributed by atoms with van der Waals surface area (Å²) in [5.41, 5.74) is 1.68. The lowest BCUT2D eigenvalue weighted by Gasteiger charge is -2.04. The second kappa shape index (κ2) is 4.34. The fourth-order valence-electron chi connectivity index (χ4n) is 1.92. The molecular formula is C11H13N3OS2. The van der Waals surface area contributed by atoms with Crippen LogP contribution in [0.15, 0.2) is 11.6 Å². The molecule has 3 rings (SSSR count). The van der Waals surface area contributed by atoms with Crippen LogP contribution in [-0.2, 0) is 0 Å². The van der Waals surface area contributed by atoms with Crippen molar-refractivity contribution in [3.05, 3.63) is 23.0 Å². The number of hydrogen-bond acceptors (Lipinski definition) is 4. The maximum atomic E-state index is 12.1. The number of rotatable bonds is 4. The van der Waals surface area contributed by atoms with Gasteiger partial charge < -0.3 is 5.32 Å². The topological polar surface area (TPSA) is 46.4 Å². The molecule has 1 aliphatic carbocycles. The van der Waals surface area contributed by atoms with Gasteiger partial charge in [-0.3, -0.25) is 9.20 Å². The highest BCUT2D eigenvalue weighted by atomic mass is 32.1. The molecule has 2 aromatic rings. The molecule has 1 amide bonds. The Labute approximate surface area is 108 Å². The van der Waals surface area contributed by atoms with Crippen LogP contribution in [0.25, 0.3) is 4.96 Å². The zero-order valence-electron chi connectivity index (χ0n) is 9.22. The summed E-state index contributed by atoms with van der Waals surface area (Å²) >= 11 is 5.66. The number of aromatic nitrogens is 2. The number of nitrogens with one attached hydrogen (secondary N) is 1. The summed E-state index contributed by atoms with van der Waals surface area (Å²) in [5, 5.41) is 4.82. The van der Waals surface area contributed by atoms with Gasteiger partial charge in [-0.2, -0.15) is 12.6 Å². The summed E-state index contributed by atoms with van der Waals surface area (Å²) in [6.45, 7) is 0.587. The van der Waals surface area contributed by atoms with Gasteiger partial charge in [0.05, 0.1) is 5.69 Å². The number of thiazole rings is 1. The first kappa shape index (κ1) is 11.1. The maximum Gasteiger partial charge on any atom is 0.270 e. The molecular weight excluding hydrogens is 254 g/mol. The summed E-state index contributed by atoms with van der Waals surface area (Å²) in [6.07, 6.45) is 4.21. The molecule has 6 heteroatoms. The van der Waals surface area contributed by atoms with E-state index < -0.39 is 0 Å². The Bertz CT molecular complexity index is 556. The number of fused-ring (bicyclic) bond motifs is 1. The van der Waals surface area contributed by atoms with E-state index >= 15 is 0 Å². The highest BCUT2D eigenvalue weighted by Crippen LogP contribution is 2.41. The van der Waals surface area contributed by atoms with E-state index in [-0.39, 0.29) is 5.91 Å². The molecule has 0 aromatic carbocycles. The van der Waals surface area contributed by atoms with Crippen LogP contribution in [0.5, 0.6) is 0 Å². The maximum absolute atomic E-state index is 12.1. The summed E-state index contributed by atoms with van der Waals surface area (Å²) in [5.74, 6) is 1.10. The van der Waals surface area contributed by atoms with Gasteiger partial charge in [0.2, 0.25) is 0 Å². The number of imidazole rings is 1. The van der Waals surface area contributed by atoms with Gasteiger partial charge in [-0.25, -0.2) is 4.98 Å². The first-order valence-corrected chi connectivity index (χ1v) is 7.17. The molecule has 1 aliphatic rings. The average Bonchev–Trinajstić information content (AvgIpc) is 2.96. The number of nitrogens with zero attached hydrogens (tertiary/aromatic N) is 2. The smallest absolute Gasteiger partial charge is 0.270 e. The first-order valence-electron chi connectivity index (χ1n) is 5.65. The lowest BCUT2D eigenvalue weighted by molar-refractivity contribution is 0.0949. The molecule has 1 fully saturated rings. The predicted octanol–water partition coefficient (Wildman–Crippen LogP) is 1.93. The van der Waals surface area contributed by atoms with Gasteiger partial charge in [0.1, 0.15) is 5.69 Å². The van der Waals surface area contributed by atoms with E-state index in [1.54, 1.807) is 11.3 Å². The van der Waals surface area contributed by atoms with Crippen LogP contribution in [0.4, 0.5) is 0 Å². The third-order valence-electron chi connectivity index (χ3n) is 2.87. The molecule has 1 saturated carbocycles. The van der Waals surface area contributed by atoms with E-state index in [4.69, 9.17) is 0 Å². The van der Waals surface area contributed by atoms with E-state index in [1.165, 1.54) is 0 Å². The van der Waals surface area contributed by atoms with Crippen LogP contribution in [0.3, 0.4) is 0 Å². The Balaban J connectivity index is 2.01. The summed E-state index contributed by atoms with van der Waals surface area (Å²) in [7, 11) is 0. The Morgan fingerprint density at radius 1 is 1.65 bits per heavy atom. The minimum absolute atomic E-state index is 0.0353. The van der Waals surface area contributed by atoms with Gasteiger partial charge in [-0.1, -0.05) is 0 Å². The third-order valence-corrected chi connectivity index (χ3v) is 3.85. The normalized spacial score (nSPS) is 15.4. The lowest BCUT2D eigenvalue weighted by atomic mass is 10.2. The van der Waals surface area contributed by atoms with Gasteiger partial charge in [-0.05, 0) is 12.8 Å². The van der Waals surface area contributed by atoms with Crippen molar-refractivity contribution < 1.29 is 4.79 Å². The number of carbonyl (C=O) groups is 1. The van der Waals surface area contributed by atoms with Gasteiger partial charge in [0.15, 0.2) is 4.96 Å². The van der Waals surface area contributed by atoms with Crippen LogP contribution in [-0.4, -0.2) is 27.6 Å². The second-order valence-electron chi connectivity index (χ2n) is 4.16. The van der Waals surface area contributed by atoms with E-state index in [2.05, 4.69) is 22.9 Å². The molecule has 0 bridgehead atoms. The highest BCUT2D eigenvalue weighted by Gasteiger charge is 2.32. The molecule has 0 spiro atoms. The Kier molecular flexibility index (Phi) is 2.84. The average molecular weight is 267 g/mol. The van der Waals surface area contributed by atoms with Crippen molar-refractivity contribution in [2.45, 2.75) is 18.8 Å². The van der Waals surface area contributed by atoms with Gasteiger partial charge >= 0.3 is 0 Å². The Morgan fingerprint density at radius 2 is 2.47 bits per heavy atom. The molecule has 0 radical (unpaired) electrons. The minimum Gasteiger partial charge on any atom is -0.350 e. The SMILES string of the molecule is O=C(NCCS)c1c(C2CC2)nc2sccn12. The largest absolute Gasteiger partial charge is 0.350 e. The highest BCUT2D eigenvalue weighted by molar-refractivity contribution is 7.80. The molecule has 4 nitrogen and oxygen atoms in total. The zero-order chi connectivity index (χ0) is 11.8. The molecule has 90 valence electrons. The number of amides is 1. The molecule has 0 aliphatic heterocycles. The summed E-state index contributed by atoms with van der Waals surface area (Å²) < 4.78 is 1.90. The van der Waals surface area contributed by atoms with Gasteiger partial charge in [-0.15, -0.1) is 11.3 Å². The molecule has 2 heterocycles. The van der Waals surface area contributed by atoms with Crippen molar-refractivity contribution in [2.75, 3.05) is 12.3 Å². The monoisotopic (exact) mass is 267 g/mol. The van der Waals surface area contributed by atoms with E-state index in [0.29, 0.717) is 23.9 Å². The lowest BCUT2D eigenvalue weighted by Crippen LogP contribution is -2.27. The summed E-state index contributed by atoms with van der Waals surface area (Å²) in [4.78, 5) is 17.6. The quantitative estimate of drug-likeness (QED) is 0.832. The molecule has 0 atom stereocenters. The van der Waals surface area contributed by atoms with E-state index in [9.17, 15) is 4.79 Å². The second-order valence-corrected chi connectivity index (χ2v) is 5.48.